The third-order valence-electron chi connectivity index (χ3n) is 4.45. The molecule has 0 aliphatic heterocycles. The van der Waals surface area contributed by atoms with Crippen LogP contribution in [0.1, 0.15) is 34.8 Å². The number of primary amides is 1. The Morgan fingerprint density at radius 1 is 1.00 bits per heavy atom. The number of carbonyl (C=O) groups is 2. The summed E-state index contributed by atoms with van der Waals surface area (Å²) < 4.78 is 0. The van der Waals surface area contributed by atoms with Crippen LogP contribution < -0.4 is 27.4 Å². The highest BCUT2D eigenvalue weighted by atomic mass is 16.2. The first kappa shape index (κ1) is 23.2. The number of nitrogens with one attached hydrogen (secondary N) is 3. The van der Waals surface area contributed by atoms with Gasteiger partial charge in [-0.15, -0.1) is 0 Å². The van der Waals surface area contributed by atoms with E-state index in [4.69, 9.17) is 11.5 Å². The van der Waals surface area contributed by atoms with Gasteiger partial charge in [-0.05, 0) is 55.0 Å². The SMILES string of the molecule is CCCNc1nc(Nc2ccc(C(N)=O)cc2)ncc1C#Cc1ccc(NC(=O)CN)cc1. The van der Waals surface area contributed by atoms with Crippen molar-refractivity contribution in [1.82, 2.24) is 9.97 Å². The summed E-state index contributed by atoms with van der Waals surface area (Å²) in [6, 6.07) is 13.9. The molecule has 7 N–H and O–H groups in total. The van der Waals surface area contributed by atoms with Gasteiger partial charge in [0.05, 0.1) is 18.3 Å². The molecule has 0 aliphatic rings. The van der Waals surface area contributed by atoms with Gasteiger partial charge in [0.25, 0.3) is 0 Å². The van der Waals surface area contributed by atoms with E-state index >= 15 is 0 Å². The Morgan fingerprint density at radius 3 is 2.33 bits per heavy atom. The predicted molar refractivity (Wildman–Crippen MR) is 129 cm³/mol. The zero-order valence-corrected chi connectivity index (χ0v) is 18.2. The highest BCUT2D eigenvalue weighted by molar-refractivity contribution is 5.93. The lowest BCUT2D eigenvalue weighted by Crippen LogP contribution is -2.21. The van der Waals surface area contributed by atoms with Gasteiger partial charge in [0.2, 0.25) is 17.8 Å². The Kier molecular flexibility index (Phi) is 7.94. The highest BCUT2D eigenvalue weighted by Gasteiger charge is 2.07. The van der Waals surface area contributed by atoms with Crippen molar-refractivity contribution < 1.29 is 9.59 Å². The van der Waals surface area contributed by atoms with E-state index in [2.05, 4.69) is 44.7 Å². The molecule has 0 spiro atoms. The molecular weight excluding hydrogens is 418 g/mol. The van der Waals surface area contributed by atoms with E-state index in [1.165, 1.54) is 0 Å². The molecule has 1 heterocycles. The van der Waals surface area contributed by atoms with E-state index in [1.54, 1.807) is 42.6 Å². The van der Waals surface area contributed by atoms with E-state index in [-0.39, 0.29) is 12.5 Å². The first-order valence-electron chi connectivity index (χ1n) is 10.4. The minimum Gasteiger partial charge on any atom is -0.369 e. The minimum atomic E-state index is -0.485. The number of rotatable bonds is 8. The number of benzene rings is 2. The fraction of sp³-hybridized carbons (Fsp3) is 0.167. The topological polar surface area (TPSA) is 148 Å². The van der Waals surface area contributed by atoms with E-state index < -0.39 is 5.91 Å². The Balaban J connectivity index is 1.78. The minimum absolute atomic E-state index is 0.0708. The van der Waals surface area contributed by atoms with Crippen LogP contribution >= 0.6 is 0 Å². The van der Waals surface area contributed by atoms with Crippen molar-refractivity contribution in [2.45, 2.75) is 13.3 Å². The molecule has 0 bridgehead atoms. The van der Waals surface area contributed by atoms with Crippen molar-refractivity contribution in [2.75, 3.05) is 29.0 Å². The standard InChI is InChI=1S/C24H25N7O2/c1-2-13-27-23-18(6-3-16-4-9-19(10-5-16)29-21(32)14-25)15-28-24(31-23)30-20-11-7-17(8-12-20)22(26)33/h4-5,7-12,15H,2,13-14,25H2,1H3,(H2,26,33)(H,29,32)(H2,27,28,30,31). The number of hydrogen-bond donors (Lipinski definition) is 5. The van der Waals surface area contributed by atoms with Crippen molar-refractivity contribution in [3.8, 4) is 11.8 Å². The van der Waals surface area contributed by atoms with Crippen LogP contribution in [-0.4, -0.2) is 34.9 Å². The van der Waals surface area contributed by atoms with Gasteiger partial charge in [0.15, 0.2) is 0 Å². The molecule has 0 unspecified atom stereocenters. The van der Waals surface area contributed by atoms with Gasteiger partial charge in [-0.2, -0.15) is 4.98 Å². The second-order valence-electron chi connectivity index (χ2n) is 7.03. The molecule has 3 rings (SSSR count). The van der Waals surface area contributed by atoms with Gasteiger partial charge in [0, 0.05) is 29.0 Å². The summed E-state index contributed by atoms with van der Waals surface area (Å²) in [7, 11) is 0. The van der Waals surface area contributed by atoms with Crippen molar-refractivity contribution in [3.05, 3.63) is 71.4 Å². The van der Waals surface area contributed by atoms with E-state index in [0.717, 1.165) is 24.2 Å². The summed E-state index contributed by atoms with van der Waals surface area (Å²) in [6.45, 7) is 2.72. The lowest BCUT2D eigenvalue weighted by molar-refractivity contribution is -0.114. The van der Waals surface area contributed by atoms with Gasteiger partial charge in [0.1, 0.15) is 5.82 Å². The molecule has 33 heavy (non-hydrogen) atoms. The molecule has 0 radical (unpaired) electrons. The maximum Gasteiger partial charge on any atom is 0.248 e. The third-order valence-corrected chi connectivity index (χ3v) is 4.45. The van der Waals surface area contributed by atoms with Crippen LogP contribution in [0.25, 0.3) is 0 Å². The van der Waals surface area contributed by atoms with Gasteiger partial charge in [-0.3, -0.25) is 9.59 Å². The lowest BCUT2D eigenvalue weighted by Gasteiger charge is -2.10. The Hall–Kier alpha value is -4.42. The Labute approximate surface area is 192 Å². The van der Waals surface area contributed by atoms with Crippen molar-refractivity contribution in [2.24, 2.45) is 11.5 Å². The Bertz CT molecular complexity index is 1180. The number of aromatic nitrogens is 2. The van der Waals surface area contributed by atoms with Gasteiger partial charge >= 0.3 is 0 Å². The van der Waals surface area contributed by atoms with Crippen LogP contribution in [0, 0.1) is 11.8 Å². The molecule has 0 saturated carbocycles. The van der Waals surface area contributed by atoms with Gasteiger partial charge in [-0.1, -0.05) is 18.8 Å². The molecule has 9 nitrogen and oxygen atoms in total. The van der Waals surface area contributed by atoms with Crippen molar-refractivity contribution >= 4 is 35.0 Å². The molecule has 0 atom stereocenters. The number of nitrogens with two attached hydrogens (primary N) is 2. The fourth-order valence-electron chi connectivity index (χ4n) is 2.75. The van der Waals surface area contributed by atoms with E-state index in [1.807, 2.05) is 12.1 Å². The molecule has 3 aromatic rings. The van der Waals surface area contributed by atoms with Crippen molar-refractivity contribution in [1.29, 1.82) is 0 Å². The van der Waals surface area contributed by atoms with Crippen LogP contribution in [0.2, 0.25) is 0 Å². The number of nitrogens with zero attached hydrogens (tertiary/aromatic N) is 2. The summed E-state index contributed by atoms with van der Waals surface area (Å²) in [5.41, 5.74) is 13.8. The zero-order chi connectivity index (χ0) is 23.6. The van der Waals surface area contributed by atoms with E-state index in [0.29, 0.717) is 28.6 Å². The van der Waals surface area contributed by atoms with Crippen molar-refractivity contribution in [3.63, 3.8) is 0 Å². The van der Waals surface area contributed by atoms with E-state index in [9.17, 15) is 9.59 Å². The largest absolute Gasteiger partial charge is 0.369 e. The molecule has 1 aromatic heterocycles. The second-order valence-corrected chi connectivity index (χ2v) is 7.03. The van der Waals surface area contributed by atoms with Crippen LogP contribution in [0.3, 0.4) is 0 Å². The monoisotopic (exact) mass is 443 g/mol. The number of carbonyl (C=O) groups excluding carboxylic acids is 2. The fourth-order valence-corrected chi connectivity index (χ4v) is 2.75. The summed E-state index contributed by atoms with van der Waals surface area (Å²) in [5, 5.41) is 9.07. The summed E-state index contributed by atoms with van der Waals surface area (Å²) >= 11 is 0. The molecular formula is C24H25N7O2. The lowest BCUT2D eigenvalue weighted by atomic mass is 10.2. The predicted octanol–water partition coefficient (Wildman–Crippen LogP) is 2.44. The Morgan fingerprint density at radius 2 is 1.70 bits per heavy atom. The molecule has 0 aliphatic carbocycles. The quantitative estimate of drug-likeness (QED) is 0.336. The second kappa shape index (κ2) is 11.3. The molecule has 9 heteroatoms. The highest BCUT2D eigenvalue weighted by Crippen LogP contribution is 2.18. The molecule has 2 aromatic carbocycles. The normalized spacial score (nSPS) is 10.0. The summed E-state index contributed by atoms with van der Waals surface area (Å²) in [5.74, 6) is 6.45. The van der Waals surface area contributed by atoms with Gasteiger partial charge in [-0.25, -0.2) is 4.98 Å². The first-order chi connectivity index (χ1) is 16.0. The van der Waals surface area contributed by atoms with Crippen LogP contribution in [0.4, 0.5) is 23.1 Å². The van der Waals surface area contributed by atoms with Gasteiger partial charge < -0.3 is 27.4 Å². The molecule has 0 fully saturated rings. The zero-order valence-electron chi connectivity index (χ0n) is 18.2. The number of anilines is 4. The summed E-state index contributed by atoms with van der Waals surface area (Å²) in [6.07, 6.45) is 2.57. The van der Waals surface area contributed by atoms with Crippen LogP contribution in [0.5, 0.6) is 0 Å². The maximum atomic E-state index is 11.4. The smallest absolute Gasteiger partial charge is 0.248 e. The van der Waals surface area contributed by atoms with Crippen LogP contribution in [0.15, 0.2) is 54.7 Å². The molecule has 2 amide bonds. The maximum absolute atomic E-state index is 11.4. The number of amides is 2. The average Bonchev–Trinajstić information content (AvgIpc) is 2.83. The van der Waals surface area contributed by atoms with Crippen LogP contribution in [-0.2, 0) is 4.79 Å². The summed E-state index contributed by atoms with van der Waals surface area (Å²) in [4.78, 5) is 31.5. The third kappa shape index (κ3) is 6.78. The average molecular weight is 444 g/mol. The number of hydrogen-bond acceptors (Lipinski definition) is 7. The molecule has 168 valence electrons. The molecule has 0 saturated heterocycles. The first-order valence-corrected chi connectivity index (χ1v) is 10.4.